The second kappa shape index (κ2) is 11.2. The molecule has 0 aromatic carbocycles. The summed E-state index contributed by atoms with van der Waals surface area (Å²) in [5.41, 5.74) is 0.835. The lowest BCUT2D eigenvalue weighted by Gasteiger charge is -2.14. The van der Waals surface area contributed by atoms with Crippen molar-refractivity contribution in [2.24, 2.45) is 0 Å². The van der Waals surface area contributed by atoms with Gasteiger partial charge in [0.05, 0.1) is 29.2 Å². The number of amides is 2. The standard InChI is InChI=1S/C18H24N4O4S/c1-5-7-20-16(24)12(4)21-15(23)10-27-17-13(9-19)8-14(11(3)22-17)18(25)26-6-2/h8,12H,5-7,10H2,1-4H3,(H,20,24)(H,21,23)/t12-/m1/s1. The molecule has 0 fully saturated rings. The van der Waals surface area contributed by atoms with Crippen LogP contribution in [0.4, 0.5) is 0 Å². The predicted octanol–water partition coefficient (Wildman–Crippen LogP) is 1.56. The fraction of sp³-hybridized carbons (Fsp3) is 0.500. The topological polar surface area (TPSA) is 121 Å². The molecule has 1 aromatic rings. The number of hydrogen-bond donors (Lipinski definition) is 2. The Morgan fingerprint density at radius 2 is 2.07 bits per heavy atom. The van der Waals surface area contributed by atoms with Crippen molar-refractivity contribution in [3.8, 4) is 6.07 Å². The monoisotopic (exact) mass is 392 g/mol. The molecule has 9 heteroatoms. The van der Waals surface area contributed by atoms with E-state index < -0.39 is 12.0 Å². The highest BCUT2D eigenvalue weighted by Crippen LogP contribution is 2.23. The number of nitriles is 1. The van der Waals surface area contributed by atoms with Crippen molar-refractivity contribution in [3.05, 3.63) is 22.9 Å². The van der Waals surface area contributed by atoms with Crippen molar-refractivity contribution in [2.75, 3.05) is 18.9 Å². The Bertz CT molecular complexity index is 746. The van der Waals surface area contributed by atoms with Gasteiger partial charge in [0.1, 0.15) is 17.1 Å². The van der Waals surface area contributed by atoms with E-state index in [1.165, 1.54) is 6.07 Å². The van der Waals surface area contributed by atoms with Gasteiger partial charge in [-0.25, -0.2) is 9.78 Å². The molecule has 0 spiro atoms. The molecule has 0 aliphatic rings. The van der Waals surface area contributed by atoms with Crippen LogP contribution in [0.1, 0.15) is 48.8 Å². The third kappa shape index (κ3) is 6.90. The Morgan fingerprint density at radius 1 is 1.37 bits per heavy atom. The zero-order valence-electron chi connectivity index (χ0n) is 15.9. The van der Waals surface area contributed by atoms with E-state index in [0.717, 1.165) is 18.2 Å². The molecule has 0 aliphatic heterocycles. The number of esters is 1. The van der Waals surface area contributed by atoms with E-state index in [1.807, 2.05) is 13.0 Å². The van der Waals surface area contributed by atoms with Crippen LogP contribution in [0.3, 0.4) is 0 Å². The van der Waals surface area contributed by atoms with Crippen LogP contribution < -0.4 is 10.6 Å². The summed E-state index contributed by atoms with van der Waals surface area (Å²) in [6.45, 7) is 7.64. The Hall–Kier alpha value is -2.60. The van der Waals surface area contributed by atoms with Crippen molar-refractivity contribution in [3.63, 3.8) is 0 Å². The highest BCUT2D eigenvalue weighted by molar-refractivity contribution is 8.00. The van der Waals surface area contributed by atoms with Crippen molar-refractivity contribution in [2.45, 2.75) is 45.2 Å². The van der Waals surface area contributed by atoms with E-state index in [2.05, 4.69) is 15.6 Å². The third-order valence-corrected chi connectivity index (χ3v) is 4.45. The van der Waals surface area contributed by atoms with Crippen molar-refractivity contribution < 1.29 is 19.1 Å². The highest BCUT2D eigenvalue weighted by atomic mass is 32.2. The smallest absolute Gasteiger partial charge is 0.340 e. The summed E-state index contributed by atoms with van der Waals surface area (Å²) in [4.78, 5) is 40.0. The first kappa shape index (κ1) is 22.4. The maximum atomic E-state index is 12.1. The lowest BCUT2D eigenvalue weighted by atomic mass is 10.1. The second-order valence-corrected chi connectivity index (χ2v) is 6.64. The van der Waals surface area contributed by atoms with Crippen molar-refractivity contribution in [1.82, 2.24) is 15.6 Å². The average Bonchev–Trinajstić information content (AvgIpc) is 2.64. The van der Waals surface area contributed by atoms with E-state index in [0.29, 0.717) is 17.3 Å². The van der Waals surface area contributed by atoms with E-state index in [1.54, 1.807) is 20.8 Å². The zero-order valence-corrected chi connectivity index (χ0v) is 16.7. The van der Waals surface area contributed by atoms with Crippen LogP contribution in [0.5, 0.6) is 0 Å². The van der Waals surface area contributed by atoms with Gasteiger partial charge >= 0.3 is 5.97 Å². The maximum Gasteiger partial charge on any atom is 0.340 e. The van der Waals surface area contributed by atoms with Gasteiger partial charge in [-0.1, -0.05) is 18.7 Å². The first-order valence-electron chi connectivity index (χ1n) is 8.62. The Morgan fingerprint density at radius 3 is 2.67 bits per heavy atom. The lowest BCUT2D eigenvalue weighted by molar-refractivity contribution is -0.127. The van der Waals surface area contributed by atoms with Gasteiger partial charge in [0.2, 0.25) is 11.8 Å². The maximum absolute atomic E-state index is 12.1. The summed E-state index contributed by atoms with van der Waals surface area (Å²) in [6.07, 6.45) is 0.812. The zero-order chi connectivity index (χ0) is 20.4. The lowest BCUT2D eigenvalue weighted by Crippen LogP contribution is -2.45. The van der Waals surface area contributed by atoms with E-state index in [4.69, 9.17) is 4.74 Å². The molecule has 0 unspecified atom stereocenters. The Balaban J connectivity index is 2.75. The summed E-state index contributed by atoms with van der Waals surface area (Å²) in [6, 6.07) is 2.75. The molecule has 1 atom stereocenters. The van der Waals surface area contributed by atoms with Gasteiger partial charge in [0, 0.05) is 6.54 Å². The number of nitrogens with one attached hydrogen (secondary N) is 2. The first-order chi connectivity index (χ1) is 12.8. The van der Waals surface area contributed by atoms with Gasteiger partial charge < -0.3 is 15.4 Å². The minimum atomic E-state index is -0.652. The fourth-order valence-electron chi connectivity index (χ4n) is 2.07. The molecule has 0 saturated carbocycles. The number of aryl methyl sites for hydroxylation is 1. The summed E-state index contributed by atoms with van der Waals surface area (Å²) >= 11 is 1.07. The van der Waals surface area contributed by atoms with Gasteiger partial charge in [-0.15, -0.1) is 0 Å². The van der Waals surface area contributed by atoms with E-state index in [-0.39, 0.29) is 35.3 Å². The molecule has 8 nitrogen and oxygen atoms in total. The summed E-state index contributed by atoms with van der Waals surface area (Å²) in [7, 11) is 0. The van der Waals surface area contributed by atoms with Gasteiger partial charge in [0.25, 0.3) is 0 Å². The number of nitrogens with zero attached hydrogens (tertiary/aromatic N) is 2. The van der Waals surface area contributed by atoms with E-state index >= 15 is 0 Å². The van der Waals surface area contributed by atoms with Gasteiger partial charge in [-0.3, -0.25) is 9.59 Å². The molecular formula is C18H24N4O4S. The molecule has 1 rings (SSSR count). The summed E-state index contributed by atoms with van der Waals surface area (Å²) in [5, 5.41) is 15.0. The van der Waals surface area contributed by atoms with Crippen LogP contribution in [0, 0.1) is 18.3 Å². The number of carbonyl (C=O) groups is 3. The summed E-state index contributed by atoms with van der Waals surface area (Å²) in [5.74, 6) is -1.15. The Labute approximate surface area is 163 Å². The number of thioether (sulfide) groups is 1. The molecule has 0 bridgehead atoms. The van der Waals surface area contributed by atoms with Gasteiger partial charge in [0.15, 0.2) is 0 Å². The average molecular weight is 392 g/mol. The molecular weight excluding hydrogens is 368 g/mol. The minimum absolute atomic E-state index is 0.00866. The van der Waals surface area contributed by atoms with Crippen LogP contribution in [-0.2, 0) is 14.3 Å². The number of aromatic nitrogens is 1. The second-order valence-electron chi connectivity index (χ2n) is 5.68. The Kier molecular flexibility index (Phi) is 9.30. The van der Waals surface area contributed by atoms with Crippen molar-refractivity contribution >= 4 is 29.5 Å². The first-order valence-corrected chi connectivity index (χ1v) is 9.61. The number of carbonyl (C=O) groups excluding carboxylic acids is 3. The molecule has 146 valence electrons. The number of hydrogen-bond acceptors (Lipinski definition) is 7. The molecule has 1 aromatic heterocycles. The van der Waals surface area contributed by atoms with Crippen molar-refractivity contribution in [1.29, 1.82) is 5.26 Å². The molecule has 0 aliphatic carbocycles. The minimum Gasteiger partial charge on any atom is -0.462 e. The highest BCUT2D eigenvalue weighted by Gasteiger charge is 2.18. The number of ether oxygens (including phenoxy) is 1. The van der Waals surface area contributed by atoms with Crippen LogP contribution >= 0.6 is 11.8 Å². The van der Waals surface area contributed by atoms with Gasteiger partial charge in [-0.05, 0) is 33.3 Å². The molecule has 2 N–H and O–H groups in total. The largest absolute Gasteiger partial charge is 0.462 e. The van der Waals surface area contributed by atoms with Crippen LogP contribution in [0.15, 0.2) is 11.1 Å². The molecule has 0 saturated heterocycles. The summed E-state index contributed by atoms with van der Waals surface area (Å²) < 4.78 is 4.94. The quantitative estimate of drug-likeness (QED) is 0.483. The van der Waals surface area contributed by atoms with Crippen LogP contribution in [0.25, 0.3) is 0 Å². The third-order valence-electron chi connectivity index (χ3n) is 3.45. The fourth-order valence-corrected chi connectivity index (χ4v) is 2.89. The van der Waals surface area contributed by atoms with Crippen LogP contribution in [-0.4, -0.2) is 47.7 Å². The van der Waals surface area contributed by atoms with E-state index in [9.17, 15) is 19.6 Å². The normalized spacial score (nSPS) is 11.2. The van der Waals surface area contributed by atoms with Gasteiger partial charge in [-0.2, -0.15) is 5.26 Å². The predicted molar refractivity (Wildman–Crippen MR) is 101 cm³/mol. The van der Waals surface area contributed by atoms with Crippen LogP contribution in [0.2, 0.25) is 0 Å². The number of pyridine rings is 1. The molecule has 1 heterocycles. The SMILES string of the molecule is CCCNC(=O)[C@@H](C)NC(=O)CSc1nc(C)c(C(=O)OCC)cc1C#N. The molecule has 27 heavy (non-hydrogen) atoms. The number of rotatable bonds is 9. The molecule has 2 amide bonds. The molecule has 0 radical (unpaired) electrons.